The topological polar surface area (TPSA) is 38.3 Å². The van der Waals surface area contributed by atoms with Crippen LogP contribution in [0.4, 0.5) is 0 Å². The predicted molar refractivity (Wildman–Crippen MR) is 83.8 cm³/mol. The quantitative estimate of drug-likeness (QED) is 0.764. The molecule has 0 aromatic heterocycles. The van der Waals surface area contributed by atoms with Crippen molar-refractivity contribution in [2.75, 3.05) is 13.2 Å². The summed E-state index contributed by atoms with van der Waals surface area (Å²) in [7, 11) is 0. The van der Waals surface area contributed by atoms with E-state index in [0.717, 1.165) is 23.4 Å². The van der Waals surface area contributed by atoms with Gasteiger partial charge in [0.2, 0.25) is 0 Å². The fourth-order valence-electron chi connectivity index (χ4n) is 2.65. The second kappa shape index (κ2) is 8.30. The highest BCUT2D eigenvalue weighted by Gasteiger charge is 2.14. The van der Waals surface area contributed by atoms with Crippen molar-refractivity contribution in [1.82, 2.24) is 5.32 Å². The molecule has 1 aliphatic carbocycles. The molecule has 1 aromatic rings. The van der Waals surface area contributed by atoms with Crippen LogP contribution in [0.15, 0.2) is 28.7 Å². The molecule has 1 aromatic carbocycles. The van der Waals surface area contributed by atoms with Gasteiger partial charge in [-0.1, -0.05) is 41.6 Å². The molecule has 4 heteroatoms. The summed E-state index contributed by atoms with van der Waals surface area (Å²) in [5.41, 5.74) is 0. The minimum atomic E-state index is -0.0423. The molecule has 1 amide bonds. The molecule has 1 aliphatic rings. The summed E-state index contributed by atoms with van der Waals surface area (Å²) in [6.07, 6.45) is 7.85. The fourth-order valence-corrected chi connectivity index (χ4v) is 2.91. The van der Waals surface area contributed by atoms with Crippen molar-refractivity contribution in [3.05, 3.63) is 28.7 Å². The average molecular weight is 340 g/mol. The first kappa shape index (κ1) is 15.4. The SMILES string of the molecule is O=C(COc1ccc(Br)cc1)NCCCC1CCCC1. The van der Waals surface area contributed by atoms with Crippen molar-refractivity contribution >= 4 is 21.8 Å². The lowest BCUT2D eigenvalue weighted by Crippen LogP contribution is -2.29. The molecule has 110 valence electrons. The van der Waals surface area contributed by atoms with Gasteiger partial charge in [0.25, 0.3) is 5.91 Å². The van der Waals surface area contributed by atoms with Crippen LogP contribution in [-0.2, 0) is 4.79 Å². The molecule has 20 heavy (non-hydrogen) atoms. The summed E-state index contributed by atoms with van der Waals surface area (Å²) in [6, 6.07) is 7.48. The Labute approximate surface area is 129 Å². The van der Waals surface area contributed by atoms with Gasteiger partial charge in [-0.3, -0.25) is 4.79 Å². The van der Waals surface area contributed by atoms with Crippen LogP contribution in [0.25, 0.3) is 0 Å². The summed E-state index contributed by atoms with van der Waals surface area (Å²) in [6.45, 7) is 0.851. The number of ether oxygens (including phenoxy) is 1. The number of carbonyl (C=O) groups excluding carboxylic acids is 1. The summed E-state index contributed by atoms with van der Waals surface area (Å²) < 4.78 is 6.42. The first-order chi connectivity index (χ1) is 9.74. The van der Waals surface area contributed by atoms with Gasteiger partial charge in [-0.05, 0) is 43.0 Å². The van der Waals surface area contributed by atoms with Gasteiger partial charge in [0, 0.05) is 11.0 Å². The summed E-state index contributed by atoms with van der Waals surface area (Å²) in [5, 5.41) is 2.92. The van der Waals surface area contributed by atoms with Crippen LogP contribution >= 0.6 is 15.9 Å². The molecule has 0 unspecified atom stereocenters. The Morgan fingerprint density at radius 2 is 1.95 bits per heavy atom. The Bertz CT molecular complexity index is 413. The third-order valence-corrected chi connectivity index (χ3v) is 4.30. The molecule has 1 N–H and O–H groups in total. The molecule has 2 rings (SSSR count). The third kappa shape index (κ3) is 5.53. The van der Waals surface area contributed by atoms with Gasteiger partial charge in [-0.2, -0.15) is 0 Å². The molecule has 0 spiro atoms. The maximum atomic E-state index is 11.6. The molecule has 0 saturated heterocycles. The van der Waals surface area contributed by atoms with E-state index in [2.05, 4.69) is 21.2 Å². The van der Waals surface area contributed by atoms with Gasteiger partial charge < -0.3 is 10.1 Å². The van der Waals surface area contributed by atoms with Crippen molar-refractivity contribution in [3.8, 4) is 5.75 Å². The zero-order chi connectivity index (χ0) is 14.2. The molecule has 1 saturated carbocycles. The Hall–Kier alpha value is -1.03. The molecule has 0 radical (unpaired) electrons. The molecule has 0 atom stereocenters. The van der Waals surface area contributed by atoms with Crippen molar-refractivity contribution in [3.63, 3.8) is 0 Å². The van der Waals surface area contributed by atoms with Gasteiger partial charge in [-0.15, -0.1) is 0 Å². The molecular weight excluding hydrogens is 318 g/mol. The highest BCUT2D eigenvalue weighted by molar-refractivity contribution is 9.10. The molecule has 0 aliphatic heterocycles. The van der Waals surface area contributed by atoms with Crippen molar-refractivity contribution in [1.29, 1.82) is 0 Å². The largest absolute Gasteiger partial charge is 0.484 e. The number of rotatable bonds is 7. The Kier molecular flexibility index (Phi) is 6.37. The van der Waals surface area contributed by atoms with Crippen LogP contribution in [0.1, 0.15) is 38.5 Å². The maximum Gasteiger partial charge on any atom is 0.257 e. The number of benzene rings is 1. The van der Waals surface area contributed by atoms with Crippen LogP contribution in [0.2, 0.25) is 0 Å². The van der Waals surface area contributed by atoms with Crippen LogP contribution in [0.3, 0.4) is 0 Å². The number of hydrogen-bond acceptors (Lipinski definition) is 2. The van der Waals surface area contributed by atoms with Crippen molar-refractivity contribution in [2.24, 2.45) is 5.92 Å². The average Bonchev–Trinajstić information content (AvgIpc) is 2.96. The van der Waals surface area contributed by atoms with E-state index in [1.807, 2.05) is 24.3 Å². The van der Waals surface area contributed by atoms with E-state index in [4.69, 9.17) is 4.74 Å². The van der Waals surface area contributed by atoms with Gasteiger partial charge >= 0.3 is 0 Å². The fraction of sp³-hybridized carbons (Fsp3) is 0.562. The predicted octanol–water partition coefficient (Wildman–Crippen LogP) is 3.91. The molecule has 0 heterocycles. The Morgan fingerprint density at radius 1 is 1.25 bits per heavy atom. The lowest BCUT2D eigenvalue weighted by atomic mass is 10.0. The van der Waals surface area contributed by atoms with Gasteiger partial charge in [0.1, 0.15) is 5.75 Å². The van der Waals surface area contributed by atoms with E-state index in [1.165, 1.54) is 32.1 Å². The second-order valence-corrected chi connectivity index (χ2v) is 6.30. The zero-order valence-electron chi connectivity index (χ0n) is 11.7. The summed E-state index contributed by atoms with van der Waals surface area (Å²) in [4.78, 5) is 11.6. The van der Waals surface area contributed by atoms with Crippen LogP contribution < -0.4 is 10.1 Å². The first-order valence-corrected chi connectivity index (χ1v) is 8.18. The smallest absolute Gasteiger partial charge is 0.257 e. The lowest BCUT2D eigenvalue weighted by molar-refractivity contribution is -0.123. The zero-order valence-corrected chi connectivity index (χ0v) is 13.3. The third-order valence-electron chi connectivity index (χ3n) is 3.77. The van der Waals surface area contributed by atoms with Gasteiger partial charge in [-0.25, -0.2) is 0 Å². The lowest BCUT2D eigenvalue weighted by Gasteiger charge is -2.10. The summed E-state index contributed by atoms with van der Waals surface area (Å²) >= 11 is 3.36. The van der Waals surface area contributed by atoms with Gasteiger partial charge in [0.05, 0.1) is 0 Å². The Morgan fingerprint density at radius 3 is 2.65 bits per heavy atom. The number of hydrogen-bond donors (Lipinski definition) is 1. The van der Waals surface area contributed by atoms with E-state index in [-0.39, 0.29) is 12.5 Å². The number of amides is 1. The maximum absolute atomic E-state index is 11.6. The molecule has 1 fully saturated rings. The minimum Gasteiger partial charge on any atom is -0.484 e. The van der Waals surface area contributed by atoms with Crippen LogP contribution in [0, 0.1) is 5.92 Å². The van der Waals surface area contributed by atoms with E-state index < -0.39 is 0 Å². The molecular formula is C16H22BrNO2. The van der Waals surface area contributed by atoms with Crippen molar-refractivity contribution < 1.29 is 9.53 Å². The van der Waals surface area contributed by atoms with Crippen LogP contribution in [0.5, 0.6) is 5.75 Å². The van der Waals surface area contributed by atoms with Crippen molar-refractivity contribution in [2.45, 2.75) is 38.5 Å². The van der Waals surface area contributed by atoms with E-state index in [0.29, 0.717) is 5.75 Å². The Balaban J connectivity index is 1.54. The number of carbonyl (C=O) groups is 1. The van der Waals surface area contributed by atoms with Crippen LogP contribution in [-0.4, -0.2) is 19.1 Å². The molecule has 0 bridgehead atoms. The minimum absolute atomic E-state index is 0.0423. The number of nitrogens with one attached hydrogen (secondary N) is 1. The normalized spacial score (nSPS) is 15.2. The standard InChI is InChI=1S/C16H22BrNO2/c17-14-7-9-15(10-8-14)20-12-16(19)18-11-3-6-13-4-1-2-5-13/h7-10,13H,1-6,11-12H2,(H,18,19). The van der Waals surface area contributed by atoms with Gasteiger partial charge in [0.15, 0.2) is 6.61 Å². The highest BCUT2D eigenvalue weighted by Crippen LogP contribution is 2.28. The number of halogens is 1. The van der Waals surface area contributed by atoms with E-state index in [1.54, 1.807) is 0 Å². The highest BCUT2D eigenvalue weighted by atomic mass is 79.9. The van der Waals surface area contributed by atoms with E-state index in [9.17, 15) is 4.79 Å². The molecule has 3 nitrogen and oxygen atoms in total. The second-order valence-electron chi connectivity index (χ2n) is 5.39. The summed E-state index contributed by atoms with van der Waals surface area (Å²) in [5.74, 6) is 1.57. The monoisotopic (exact) mass is 339 g/mol. The van der Waals surface area contributed by atoms with E-state index >= 15 is 0 Å². The first-order valence-electron chi connectivity index (χ1n) is 7.39.